The van der Waals surface area contributed by atoms with E-state index in [1.165, 1.54) is 26.4 Å². The van der Waals surface area contributed by atoms with Crippen molar-refractivity contribution in [3.8, 4) is 11.5 Å². The molecule has 7 nitrogen and oxygen atoms in total. The predicted octanol–water partition coefficient (Wildman–Crippen LogP) is 2.51. The van der Waals surface area contributed by atoms with Gasteiger partial charge in [0.15, 0.2) is 12.4 Å². The van der Waals surface area contributed by atoms with Crippen LogP contribution in [0.2, 0.25) is 5.02 Å². The number of rotatable bonds is 8. The van der Waals surface area contributed by atoms with Crippen molar-refractivity contribution in [2.45, 2.75) is 0 Å². The summed E-state index contributed by atoms with van der Waals surface area (Å²) < 4.78 is 14.9. The van der Waals surface area contributed by atoms with E-state index >= 15 is 0 Å². The average molecular weight is 392 g/mol. The van der Waals surface area contributed by atoms with Gasteiger partial charge in [0.25, 0.3) is 5.91 Å². The van der Waals surface area contributed by atoms with Crippen LogP contribution in [0.4, 0.5) is 0 Å². The first-order valence-electron chi connectivity index (χ1n) is 7.89. The van der Waals surface area contributed by atoms with Crippen molar-refractivity contribution < 1.29 is 28.6 Å². The highest BCUT2D eigenvalue weighted by molar-refractivity contribution is 6.32. The van der Waals surface area contributed by atoms with E-state index in [2.05, 4.69) is 5.32 Å². The number of hydrogen-bond acceptors (Lipinski definition) is 6. The predicted molar refractivity (Wildman–Crippen MR) is 98.6 cm³/mol. The molecular weight excluding hydrogens is 374 g/mol. The number of carbonyl (C=O) groups is 3. The fourth-order valence-electron chi connectivity index (χ4n) is 2.12. The summed E-state index contributed by atoms with van der Waals surface area (Å²) >= 11 is 5.96. The molecule has 0 spiro atoms. The monoisotopic (exact) mass is 391 g/mol. The van der Waals surface area contributed by atoms with E-state index in [4.69, 9.17) is 25.8 Å². The number of nitrogens with one attached hydrogen (secondary N) is 1. The van der Waals surface area contributed by atoms with Crippen molar-refractivity contribution in [3.05, 3.63) is 58.6 Å². The largest absolute Gasteiger partial charge is 0.497 e. The number of carbonyl (C=O) groups excluding carboxylic acids is 3. The smallest absolute Gasteiger partial charge is 0.325 e. The fourth-order valence-corrected chi connectivity index (χ4v) is 2.37. The maximum atomic E-state index is 12.0. The molecule has 0 atom stereocenters. The minimum atomic E-state index is -0.732. The molecule has 0 aliphatic carbocycles. The van der Waals surface area contributed by atoms with Gasteiger partial charge in [-0.25, -0.2) is 0 Å². The van der Waals surface area contributed by atoms with E-state index in [0.717, 1.165) is 0 Å². The van der Waals surface area contributed by atoms with E-state index in [1.54, 1.807) is 30.3 Å². The van der Waals surface area contributed by atoms with Crippen LogP contribution in [-0.4, -0.2) is 45.0 Å². The van der Waals surface area contributed by atoms with Gasteiger partial charge in [0.05, 0.1) is 19.2 Å². The number of halogens is 1. The fraction of sp³-hybridized carbons (Fsp3) is 0.211. The Morgan fingerprint density at radius 3 is 2.22 bits per heavy atom. The number of ketones is 1. The van der Waals surface area contributed by atoms with Gasteiger partial charge in [-0.05, 0) is 42.5 Å². The highest BCUT2D eigenvalue weighted by atomic mass is 35.5. The lowest BCUT2D eigenvalue weighted by Gasteiger charge is -2.08. The minimum Gasteiger partial charge on any atom is -0.497 e. The summed E-state index contributed by atoms with van der Waals surface area (Å²) in [5.74, 6) is -0.545. The molecule has 0 heterocycles. The molecule has 0 bridgehead atoms. The number of hydrogen-bond donors (Lipinski definition) is 1. The number of benzene rings is 2. The molecule has 2 aromatic carbocycles. The zero-order valence-electron chi connectivity index (χ0n) is 14.8. The first kappa shape index (κ1) is 20.3. The Hall–Kier alpha value is -3.06. The van der Waals surface area contributed by atoms with Gasteiger partial charge < -0.3 is 19.5 Å². The Balaban J connectivity index is 1.80. The number of esters is 1. The Bertz CT molecular complexity index is 835. The molecule has 0 aliphatic heterocycles. The second-order valence-corrected chi connectivity index (χ2v) is 5.75. The zero-order chi connectivity index (χ0) is 19.8. The van der Waals surface area contributed by atoms with Crippen molar-refractivity contribution in [3.63, 3.8) is 0 Å². The normalized spacial score (nSPS) is 10.0. The Morgan fingerprint density at radius 2 is 1.63 bits per heavy atom. The van der Waals surface area contributed by atoms with Gasteiger partial charge >= 0.3 is 5.97 Å². The van der Waals surface area contributed by atoms with Gasteiger partial charge in [0, 0.05) is 11.1 Å². The molecule has 0 radical (unpaired) electrons. The van der Waals surface area contributed by atoms with Gasteiger partial charge in [0.1, 0.15) is 18.0 Å². The summed E-state index contributed by atoms with van der Waals surface area (Å²) in [6, 6.07) is 10.9. The third-order valence-corrected chi connectivity index (χ3v) is 3.88. The van der Waals surface area contributed by atoms with Crippen LogP contribution in [0.3, 0.4) is 0 Å². The molecule has 1 N–H and O–H groups in total. The van der Waals surface area contributed by atoms with E-state index < -0.39 is 24.3 Å². The second kappa shape index (κ2) is 9.59. The van der Waals surface area contributed by atoms with E-state index in [0.29, 0.717) is 17.1 Å². The summed E-state index contributed by atoms with van der Waals surface area (Å²) in [6.45, 7) is -0.818. The van der Waals surface area contributed by atoms with Gasteiger partial charge in [-0.1, -0.05) is 11.6 Å². The van der Waals surface area contributed by atoms with Crippen LogP contribution in [0.1, 0.15) is 20.7 Å². The zero-order valence-corrected chi connectivity index (χ0v) is 15.5. The quantitative estimate of drug-likeness (QED) is 0.549. The number of ether oxygens (including phenoxy) is 3. The van der Waals surface area contributed by atoms with Crippen molar-refractivity contribution in [1.82, 2.24) is 5.32 Å². The molecule has 0 saturated carbocycles. The topological polar surface area (TPSA) is 90.9 Å². The summed E-state index contributed by atoms with van der Waals surface area (Å²) in [6.07, 6.45) is 0. The van der Waals surface area contributed by atoms with Crippen LogP contribution in [0.5, 0.6) is 11.5 Å². The number of amides is 1. The first-order valence-corrected chi connectivity index (χ1v) is 8.27. The van der Waals surface area contributed by atoms with Crippen LogP contribution in [0.15, 0.2) is 42.5 Å². The van der Waals surface area contributed by atoms with Gasteiger partial charge in [0.2, 0.25) is 0 Å². The molecule has 8 heteroatoms. The first-order chi connectivity index (χ1) is 12.9. The highest BCUT2D eigenvalue weighted by Gasteiger charge is 2.13. The van der Waals surface area contributed by atoms with E-state index in [1.807, 2.05) is 0 Å². The van der Waals surface area contributed by atoms with Crippen molar-refractivity contribution in [2.24, 2.45) is 0 Å². The van der Waals surface area contributed by atoms with Gasteiger partial charge in [-0.15, -0.1) is 0 Å². The lowest BCUT2D eigenvalue weighted by Crippen LogP contribution is -2.31. The number of methoxy groups -OCH3 is 2. The summed E-state index contributed by atoms with van der Waals surface area (Å²) in [7, 11) is 2.98. The average Bonchev–Trinajstić information content (AvgIpc) is 2.70. The van der Waals surface area contributed by atoms with Crippen molar-refractivity contribution >= 4 is 29.3 Å². The molecule has 0 saturated heterocycles. The third kappa shape index (κ3) is 5.72. The third-order valence-electron chi connectivity index (χ3n) is 3.58. The molecule has 0 unspecified atom stereocenters. The molecule has 1 amide bonds. The Kier molecular flexibility index (Phi) is 7.19. The Morgan fingerprint density at radius 1 is 0.963 bits per heavy atom. The second-order valence-electron chi connectivity index (χ2n) is 5.34. The minimum absolute atomic E-state index is 0.279. The molecule has 0 aromatic heterocycles. The van der Waals surface area contributed by atoms with Crippen LogP contribution < -0.4 is 14.8 Å². The maximum Gasteiger partial charge on any atom is 0.325 e. The van der Waals surface area contributed by atoms with E-state index in [-0.39, 0.29) is 17.1 Å². The van der Waals surface area contributed by atoms with Crippen LogP contribution in [-0.2, 0) is 9.53 Å². The molecule has 2 rings (SSSR count). The number of Topliss-reactive ketones (excluding diaryl/α,β-unsaturated/α-hetero) is 1. The highest BCUT2D eigenvalue weighted by Crippen LogP contribution is 2.25. The molecule has 2 aromatic rings. The molecule has 142 valence electrons. The lowest BCUT2D eigenvalue weighted by atomic mass is 10.1. The maximum absolute atomic E-state index is 12.0. The van der Waals surface area contributed by atoms with Crippen LogP contribution >= 0.6 is 11.6 Å². The van der Waals surface area contributed by atoms with Gasteiger partial charge in [-0.3, -0.25) is 14.4 Å². The van der Waals surface area contributed by atoms with E-state index in [9.17, 15) is 14.4 Å². The Labute approximate surface area is 161 Å². The van der Waals surface area contributed by atoms with Crippen LogP contribution in [0, 0.1) is 0 Å². The van der Waals surface area contributed by atoms with Gasteiger partial charge in [-0.2, -0.15) is 0 Å². The lowest BCUT2D eigenvalue weighted by molar-refractivity contribution is -0.141. The SMILES string of the molecule is COc1ccc(C(=O)NCC(=O)OCC(=O)c2ccc(OC)c(Cl)c2)cc1. The van der Waals surface area contributed by atoms with Crippen molar-refractivity contribution in [2.75, 3.05) is 27.4 Å². The van der Waals surface area contributed by atoms with Crippen LogP contribution in [0.25, 0.3) is 0 Å². The molecular formula is C19H18ClNO6. The molecule has 27 heavy (non-hydrogen) atoms. The standard InChI is InChI=1S/C19H18ClNO6/c1-25-14-6-3-12(4-7-14)19(24)21-10-18(23)27-11-16(22)13-5-8-17(26-2)15(20)9-13/h3-9H,10-11H2,1-2H3,(H,21,24). The summed E-state index contributed by atoms with van der Waals surface area (Å²) in [4.78, 5) is 35.7. The summed E-state index contributed by atoms with van der Waals surface area (Å²) in [5, 5.41) is 2.70. The van der Waals surface area contributed by atoms with Crippen molar-refractivity contribution in [1.29, 1.82) is 0 Å². The molecule has 0 aliphatic rings. The summed E-state index contributed by atoms with van der Waals surface area (Å²) in [5.41, 5.74) is 0.656. The molecule has 0 fully saturated rings.